The third-order valence-corrected chi connectivity index (χ3v) is 2.54. The molecule has 0 radical (unpaired) electrons. The third-order valence-electron chi connectivity index (χ3n) is 2.54. The molecule has 1 rings (SSSR count). The van der Waals surface area contributed by atoms with Crippen molar-refractivity contribution in [1.82, 2.24) is 4.90 Å². The summed E-state index contributed by atoms with van der Waals surface area (Å²) in [7, 11) is 0. The van der Waals surface area contributed by atoms with Crippen LogP contribution in [-0.2, 0) is 4.79 Å². The van der Waals surface area contributed by atoms with E-state index < -0.39 is 24.3 Å². The van der Waals surface area contributed by atoms with E-state index in [1.54, 1.807) is 6.07 Å². The lowest BCUT2D eigenvalue weighted by molar-refractivity contribution is -0.147. The van der Waals surface area contributed by atoms with E-state index in [2.05, 4.69) is 0 Å². The third kappa shape index (κ3) is 2.19. The van der Waals surface area contributed by atoms with Gasteiger partial charge in [0.05, 0.1) is 12.6 Å². The summed E-state index contributed by atoms with van der Waals surface area (Å²) >= 11 is 0. The van der Waals surface area contributed by atoms with E-state index in [0.717, 1.165) is 4.90 Å². The highest BCUT2D eigenvalue weighted by Gasteiger charge is 2.42. The fraction of sp³-hybridized carbons (Fsp3) is 0.778. The molecule has 0 aromatic heterocycles. The van der Waals surface area contributed by atoms with Crippen LogP contribution >= 0.6 is 0 Å². The van der Waals surface area contributed by atoms with Gasteiger partial charge in [-0.1, -0.05) is 6.92 Å². The smallest absolute Gasteiger partial charge is 0.267 e. The number of carbonyl (C=O) groups excluding carboxylic acids is 1. The standard InChI is InChI=1S/C9H12F2N2O/c1-7-3-5-13(6-9(7,10)11)8(14)2-4-12/h7H,2-3,5-6H2,1H3. The first-order valence-electron chi connectivity index (χ1n) is 4.50. The molecule has 1 atom stereocenters. The Bertz CT molecular complexity index is 272. The van der Waals surface area contributed by atoms with Gasteiger partial charge in [-0.05, 0) is 6.42 Å². The van der Waals surface area contributed by atoms with Crippen LogP contribution in [0.2, 0.25) is 0 Å². The molecule has 0 aromatic rings. The highest BCUT2D eigenvalue weighted by molar-refractivity contribution is 5.78. The summed E-state index contributed by atoms with van der Waals surface area (Å²) in [4.78, 5) is 12.2. The van der Waals surface area contributed by atoms with Crippen molar-refractivity contribution in [3.8, 4) is 6.07 Å². The van der Waals surface area contributed by atoms with Gasteiger partial charge in [-0.15, -0.1) is 0 Å². The molecule has 0 bridgehead atoms. The topological polar surface area (TPSA) is 44.1 Å². The number of rotatable bonds is 1. The summed E-state index contributed by atoms with van der Waals surface area (Å²) in [5, 5.41) is 8.26. The Kier molecular flexibility index (Phi) is 3.04. The fourth-order valence-electron chi connectivity index (χ4n) is 1.44. The van der Waals surface area contributed by atoms with Gasteiger partial charge < -0.3 is 4.90 Å². The quantitative estimate of drug-likeness (QED) is 0.645. The number of alkyl halides is 2. The summed E-state index contributed by atoms with van der Waals surface area (Å²) in [6, 6.07) is 1.67. The van der Waals surface area contributed by atoms with Crippen LogP contribution in [0.3, 0.4) is 0 Å². The monoisotopic (exact) mass is 202 g/mol. The molecule has 0 aromatic carbocycles. The molecular formula is C9H12F2N2O. The maximum atomic E-state index is 13.2. The molecule has 1 saturated heterocycles. The molecule has 1 amide bonds. The van der Waals surface area contributed by atoms with Crippen LogP contribution in [0, 0.1) is 17.2 Å². The number of likely N-dealkylation sites (tertiary alicyclic amines) is 1. The summed E-state index contributed by atoms with van der Waals surface area (Å²) in [6.45, 7) is 1.26. The van der Waals surface area contributed by atoms with Crippen LogP contribution in [0.4, 0.5) is 8.78 Å². The number of hydrogen-bond acceptors (Lipinski definition) is 2. The van der Waals surface area contributed by atoms with E-state index in [0.29, 0.717) is 13.0 Å². The van der Waals surface area contributed by atoms with Gasteiger partial charge in [0.15, 0.2) is 0 Å². The lowest BCUT2D eigenvalue weighted by atomic mass is 9.95. The Morgan fingerprint density at radius 2 is 2.36 bits per heavy atom. The van der Waals surface area contributed by atoms with E-state index in [1.807, 2.05) is 0 Å². The molecule has 0 saturated carbocycles. The molecule has 14 heavy (non-hydrogen) atoms. The Labute approximate surface area is 81.3 Å². The van der Waals surface area contributed by atoms with Crippen molar-refractivity contribution in [2.75, 3.05) is 13.1 Å². The lowest BCUT2D eigenvalue weighted by Crippen LogP contribution is -2.49. The summed E-state index contributed by atoms with van der Waals surface area (Å²) in [6.07, 6.45) is -0.0192. The largest absolute Gasteiger partial charge is 0.336 e. The second-order valence-corrected chi connectivity index (χ2v) is 3.60. The van der Waals surface area contributed by atoms with Crippen LogP contribution in [0.5, 0.6) is 0 Å². The van der Waals surface area contributed by atoms with E-state index in [1.165, 1.54) is 6.92 Å². The number of amides is 1. The zero-order chi connectivity index (χ0) is 10.8. The normalized spacial score (nSPS) is 25.6. The molecule has 1 heterocycles. The van der Waals surface area contributed by atoms with Gasteiger partial charge in [0.25, 0.3) is 5.92 Å². The van der Waals surface area contributed by atoms with Crippen LogP contribution in [0.25, 0.3) is 0 Å². The van der Waals surface area contributed by atoms with Gasteiger partial charge in [0, 0.05) is 12.5 Å². The van der Waals surface area contributed by atoms with Gasteiger partial charge in [-0.3, -0.25) is 4.79 Å². The molecule has 0 aliphatic carbocycles. The number of halogens is 2. The van der Waals surface area contributed by atoms with Gasteiger partial charge in [-0.25, -0.2) is 8.78 Å². The van der Waals surface area contributed by atoms with Gasteiger partial charge in [0.1, 0.15) is 6.42 Å². The molecule has 3 nitrogen and oxygen atoms in total. The maximum absolute atomic E-state index is 13.2. The predicted molar refractivity (Wildman–Crippen MR) is 45.5 cm³/mol. The Balaban J connectivity index is 2.60. The maximum Gasteiger partial charge on any atom is 0.267 e. The Hall–Kier alpha value is -1.18. The Morgan fingerprint density at radius 1 is 1.71 bits per heavy atom. The van der Waals surface area contributed by atoms with Crippen molar-refractivity contribution in [2.24, 2.45) is 5.92 Å². The number of piperidine rings is 1. The molecule has 0 N–H and O–H groups in total. The second-order valence-electron chi connectivity index (χ2n) is 3.60. The van der Waals surface area contributed by atoms with Crippen molar-refractivity contribution in [3.63, 3.8) is 0 Å². The van der Waals surface area contributed by atoms with Crippen molar-refractivity contribution in [3.05, 3.63) is 0 Å². The minimum atomic E-state index is -2.82. The molecule has 78 valence electrons. The van der Waals surface area contributed by atoms with Crippen molar-refractivity contribution in [2.45, 2.75) is 25.7 Å². The van der Waals surface area contributed by atoms with Crippen LogP contribution < -0.4 is 0 Å². The molecule has 1 aliphatic heterocycles. The van der Waals surface area contributed by atoms with E-state index in [9.17, 15) is 13.6 Å². The zero-order valence-corrected chi connectivity index (χ0v) is 7.96. The van der Waals surface area contributed by atoms with Crippen molar-refractivity contribution in [1.29, 1.82) is 5.26 Å². The SMILES string of the molecule is CC1CCN(C(=O)CC#N)CC1(F)F. The lowest BCUT2D eigenvalue weighted by Gasteiger charge is -2.36. The zero-order valence-electron chi connectivity index (χ0n) is 7.96. The molecular weight excluding hydrogens is 190 g/mol. The highest BCUT2D eigenvalue weighted by atomic mass is 19.3. The summed E-state index contributed by atoms with van der Waals surface area (Å²) in [5.41, 5.74) is 0. The van der Waals surface area contributed by atoms with Gasteiger partial charge in [0.2, 0.25) is 5.91 Å². The Morgan fingerprint density at radius 3 is 2.86 bits per heavy atom. The minimum absolute atomic E-state index is 0.296. The van der Waals surface area contributed by atoms with Crippen molar-refractivity contribution < 1.29 is 13.6 Å². The highest BCUT2D eigenvalue weighted by Crippen LogP contribution is 2.32. The summed E-state index contributed by atoms with van der Waals surface area (Å²) < 4.78 is 26.3. The number of hydrogen-bond donors (Lipinski definition) is 0. The summed E-state index contributed by atoms with van der Waals surface area (Å²) in [5.74, 6) is -4.00. The van der Waals surface area contributed by atoms with Crippen molar-refractivity contribution >= 4 is 5.91 Å². The number of nitrogens with zero attached hydrogens (tertiary/aromatic N) is 2. The average Bonchev–Trinajstić information content (AvgIpc) is 2.10. The van der Waals surface area contributed by atoms with E-state index >= 15 is 0 Å². The predicted octanol–water partition coefficient (Wildman–Crippen LogP) is 1.40. The fourth-order valence-corrected chi connectivity index (χ4v) is 1.44. The first-order valence-corrected chi connectivity index (χ1v) is 4.50. The van der Waals surface area contributed by atoms with Crippen LogP contribution in [-0.4, -0.2) is 29.8 Å². The number of nitriles is 1. The molecule has 5 heteroatoms. The second kappa shape index (κ2) is 3.91. The molecule has 1 fully saturated rings. The average molecular weight is 202 g/mol. The first kappa shape index (κ1) is 10.9. The first-order chi connectivity index (χ1) is 6.47. The molecule has 1 aliphatic rings. The minimum Gasteiger partial charge on any atom is -0.336 e. The number of carbonyl (C=O) groups is 1. The van der Waals surface area contributed by atoms with E-state index in [4.69, 9.17) is 5.26 Å². The van der Waals surface area contributed by atoms with Gasteiger partial charge >= 0.3 is 0 Å². The molecule has 0 spiro atoms. The van der Waals surface area contributed by atoms with E-state index in [-0.39, 0.29) is 6.42 Å². The van der Waals surface area contributed by atoms with Crippen LogP contribution in [0.1, 0.15) is 19.8 Å². The van der Waals surface area contributed by atoms with Crippen LogP contribution in [0.15, 0.2) is 0 Å². The molecule has 1 unspecified atom stereocenters. The van der Waals surface area contributed by atoms with Gasteiger partial charge in [-0.2, -0.15) is 5.26 Å².